The highest BCUT2D eigenvalue weighted by atomic mass is 16.5. The van der Waals surface area contributed by atoms with Crippen LogP contribution in [0.4, 0.5) is 0 Å². The number of aromatic carboxylic acids is 1. The molecule has 0 spiro atoms. The summed E-state index contributed by atoms with van der Waals surface area (Å²) in [4.78, 5) is 11.5. The molecule has 6 nitrogen and oxygen atoms in total. The molecule has 1 aliphatic carbocycles. The van der Waals surface area contributed by atoms with Crippen molar-refractivity contribution >= 4 is 16.9 Å². The molecule has 1 saturated carbocycles. The number of hydrogen-bond donors (Lipinski definition) is 2. The molecular weight excluding hydrogens is 308 g/mol. The quantitative estimate of drug-likeness (QED) is 0.896. The molecule has 0 aliphatic heterocycles. The minimum Gasteiger partial charge on any atom is -0.490 e. The largest absolute Gasteiger partial charge is 0.490 e. The summed E-state index contributed by atoms with van der Waals surface area (Å²) < 4.78 is 7.21. The number of carbonyl (C=O) groups is 1. The van der Waals surface area contributed by atoms with Crippen LogP contribution in [0, 0.1) is 5.92 Å². The van der Waals surface area contributed by atoms with E-state index in [-0.39, 0.29) is 11.7 Å². The molecule has 2 aromatic rings. The van der Waals surface area contributed by atoms with Gasteiger partial charge in [-0.2, -0.15) is 5.10 Å². The lowest BCUT2D eigenvalue weighted by atomic mass is 9.85. The van der Waals surface area contributed by atoms with E-state index in [1.54, 1.807) is 23.0 Å². The van der Waals surface area contributed by atoms with Gasteiger partial charge in [-0.1, -0.05) is 6.92 Å². The molecule has 1 aromatic heterocycles. The molecule has 2 N–H and O–H groups in total. The Morgan fingerprint density at radius 2 is 2.04 bits per heavy atom. The Kier molecular flexibility index (Phi) is 4.25. The van der Waals surface area contributed by atoms with Gasteiger partial charge in [0.25, 0.3) is 0 Å². The number of benzene rings is 1. The predicted molar refractivity (Wildman–Crippen MR) is 90.3 cm³/mol. The highest BCUT2D eigenvalue weighted by Crippen LogP contribution is 2.36. The summed E-state index contributed by atoms with van der Waals surface area (Å²) in [5, 5.41) is 25.5. The second-order valence-corrected chi connectivity index (χ2v) is 7.12. The van der Waals surface area contributed by atoms with Crippen molar-refractivity contribution in [2.75, 3.05) is 0 Å². The van der Waals surface area contributed by atoms with Gasteiger partial charge in [0.05, 0.1) is 11.6 Å². The van der Waals surface area contributed by atoms with Crippen molar-refractivity contribution < 1.29 is 19.7 Å². The van der Waals surface area contributed by atoms with Crippen molar-refractivity contribution in [3.05, 3.63) is 23.9 Å². The van der Waals surface area contributed by atoms with Gasteiger partial charge >= 0.3 is 5.97 Å². The van der Waals surface area contributed by atoms with Gasteiger partial charge < -0.3 is 14.9 Å². The standard InChI is InChI=1S/C18H24N2O4/c1-11(2)24-16-9-15-13(8-14(16)17(21)22)10-20(19-15)18(23)6-4-12(3)5-7-18/h8-12,23H,4-7H2,1-3H3,(H,21,22). The van der Waals surface area contributed by atoms with Crippen molar-refractivity contribution in [2.24, 2.45) is 5.92 Å². The molecule has 0 atom stereocenters. The van der Waals surface area contributed by atoms with Gasteiger partial charge in [-0.05, 0) is 51.5 Å². The van der Waals surface area contributed by atoms with Gasteiger partial charge in [0, 0.05) is 17.6 Å². The number of hydrogen-bond acceptors (Lipinski definition) is 4. The molecule has 0 unspecified atom stereocenters. The van der Waals surface area contributed by atoms with Crippen molar-refractivity contribution in [3.63, 3.8) is 0 Å². The van der Waals surface area contributed by atoms with Crippen molar-refractivity contribution in [1.82, 2.24) is 9.78 Å². The van der Waals surface area contributed by atoms with Gasteiger partial charge in [0.2, 0.25) is 0 Å². The number of nitrogens with zero attached hydrogens (tertiary/aromatic N) is 2. The van der Waals surface area contributed by atoms with Crippen LogP contribution in [-0.2, 0) is 5.72 Å². The van der Waals surface area contributed by atoms with E-state index in [0.29, 0.717) is 35.4 Å². The summed E-state index contributed by atoms with van der Waals surface area (Å²) in [6.07, 6.45) is 4.82. The van der Waals surface area contributed by atoms with E-state index in [1.807, 2.05) is 13.8 Å². The van der Waals surface area contributed by atoms with Crippen LogP contribution in [0.1, 0.15) is 56.8 Å². The number of carboxylic acids is 1. The zero-order valence-electron chi connectivity index (χ0n) is 14.3. The van der Waals surface area contributed by atoms with E-state index in [9.17, 15) is 15.0 Å². The van der Waals surface area contributed by atoms with E-state index in [2.05, 4.69) is 12.0 Å². The molecule has 24 heavy (non-hydrogen) atoms. The van der Waals surface area contributed by atoms with E-state index in [4.69, 9.17) is 4.74 Å². The van der Waals surface area contributed by atoms with Crippen LogP contribution >= 0.6 is 0 Å². The number of aromatic nitrogens is 2. The number of ether oxygens (including phenoxy) is 1. The third-order valence-electron chi connectivity index (χ3n) is 4.70. The van der Waals surface area contributed by atoms with Crippen molar-refractivity contribution in [2.45, 2.75) is 58.3 Å². The van der Waals surface area contributed by atoms with Crippen molar-refractivity contribution in [3.8, 4) is 5.75 Å². The van der Waals surface area contributed by atoms with E-state index >= 15 is 0 Å². The normalized spacial score (nSPS) is 24.5. The lowest BCUT2D eigenvalue weighted by Crippen LogP contribution is -2.37. The molecule has 1 heterocycles. The highest BCUT2D eigenvalue weighted by Gasteiger charge is 2.34. The maximum absolute atomic E-state index is 11.5. The molecule has 1 aromatic carbocycles. The summed E-state index contributed by atoms with van der Waals surface area (Å²) in [6.45, 7) is 5.88. The Hall–Kier alpha value is -2.08. The third kappa shape index (κ3) is 3.11. The lowest BCUT2D eigenvalue weighted by Gasteiger charge is -2.34. The Morgan fingerprint density at radius 1 is 1.38 bits per heavy atom. The number of aliphatic hydroxyl groups is 1. The fraction of sp³-hybridized carbons (Fsp3) is 0.556. The molecule has 0 saturated heterocycles. The fourth-order valence-electron chi connectivity index (χ4n) is 3.24. The molecule has 0 amide bonds. The van der Waals surface area contributed by atoms with Gasteiger partial charge in [-0.15, -0.1) is 0 Å². The second kappa shape index (κ2) is 6.09. The third-order valence-corrected chi connectivity index (χ3v) is 4.70. The molecule has 0 radical (unpaired) electrons. The van der Waals surface area contributed by atoms with Crippen LogP contribution in [0.3, 0.4) is 0 Å². The lowest BCUT2D eigenvalue weighted by molar-refractivity contribution is -0.0872. The zero-order chi connectivity index (χ0) is 17.5. The van der Waals surface area contributed by atoms with Crippen LogP contribution in [0.15, 0.2) is 18.3 Å². The van der Waals surface area contributed by atoms with Gasteiger partial charge in [0.1, 0.15) is 11.3 Å². The Labute approximate surface area is 141 Å². The first-order chi connectivity index (χ1) is 11.3. The van der Waals surface area contributed by atoms with Crippen LogP contribution < -0.4 is 4.74 Å². The Morgan fingerprint density at radius 3 is 2.62 bits per heavy atom. The SMILES string of the molecule is CC1CCC(O)(n2cc3cc(C(=O)O)c(OC(C)C)cc3n2)CC1. The molecule has 3 rings (SSSR count). The first-order valence-electron chi connectivity index (χ1n) is 8.45. The molecule has 1 aliphatic rings. The number of fused-ring (bicyclic) bond motifs is 1. The minimum atomic E-state index is -1.04. The minimum absolute atomic E-state index is 0.111. The summed E-state index contributed by atoms with van der Waals surface area (Å²) in [5.41, 5.74) is -0.253. The fourth-order valence-corrected chi connectivity index (χ4v) is 3.24. The van der Waals surface area contributed by atoms with E-state index < -0.39 is 11.7 Å². The van der Waals surface area contributed by atoms with Crippen LogP contribution in [0.25, 0.3) is 10.9 Å². The summed E-state index contributed by atoms with van der Waals surface area (Å²) in [6, 6.07) is 3.21. The van der Waals surface area contributed by atoms with Gasteiger partial charge in [0.15, 0.2) is 5.72 Å². The summed E-state index contributed by atoms with van der Waals surface area (Å²) in [5.74, 6) is -0.120. The average molecular weight is 332 g/mol. The average Bonchev–Trinajstić information content (AvgIpc) is 2.92. The first kappa shape index (κ1) is 16.8. The number of carboxylic acid groups (broad SMARTS) is 1. The number of rotatable bonds is 4. The zero-order valence-corrected chi connectivity index (χ0v) is 14.3. The van der Waals surface area contributed by atoms with Crippen LogP contribution in [-0.4, -0.2) is 32.1 Å². The molecular formula is C18H24N2O4. The molecule has 6 heteroatoms. The first-order valence-corrected chi connectivity index (χ1v) is 8.45. The van der Waals surface area contributed by atoms with Crippen LogP contribution in [0.2, 0.25) is 0 Å². The van der Waals surface area contributed by atoms with E-state index in [0.717, 1.165) is 12.8 Å². The van der Waals surface area contributed by atoms with Gasteiger partial charge in [-0.25, -0.2) is 9.48 Å². The summed E-state index contributed by atoms with van der Waals surface area (Å²) >= 11 is 0. The Balaban J connectivity index is 2.03. The molecule has 0 bridgehead atoms. The summed E-state index contributed by atoms with van der Waals surface area (Å²) in [7, 11) is 0. The van der Waals surface area contributed by atoms with Gasteiger partial charge in [-0.3, -0.25) is 0 Å². The molecule has 1 fully saturated rings. The second-order valence-electron chi connectivity index (χ2n) is 7.12. The van der Waals surface area contributed by atoms with E-state index in [1.165, 1.54) is 0 Å². The Bertz CT molecular complexity index is 758. The highest BCUT2D eigenvalue weighted by molar-refractivity contribution is 5.96. The molecule has 130 valence electrons. The topological polar surface area (TPSA) is 84.6 Å². The van der Waals surface area contributed by atoms with Crippen molar-refractivity contribution in [1.29, 1.82) is 0 Å². The predicted octanol–water partition coefficient (Wildman–Crippen LogP) is 3.38. The smallest absolute Gasteiger partial charge is 0.339 e. The maximum Gasteiger partial charge on any atom is 0.339 e. The monoisotopic (exact) mass is 332 g/mol. The maximum atomic E-state index is 11.5. The van der Waals surface area contributed by atoms with Crippen LogP contribution in [0.5, 0.6) is 5.75 Å².